The fourth-order valence-corrected chi connectivity index (χ4v) is 3.25. The van der Waals surface area contributed by atoms with E-state index in [-0.39, 0.29) is 5.78 Å². The minimum atomic E-state index is -0.00821. The Balaban J connectivity index is 1.38. The number of aryl methyl sites for hydroxylation is 1. The third kappa shape index (κ3) is 5.44. The molecule has 0 aliphatic carbocycles. The van der Waals surface area contributed by atoms with Crippen LogP contribution in [0.15, 0.2) is 97.1 Å². The van der Waals surface area contributed by atoms with Crippen LogP contribution in [-0.2, 0) is 0 Å². The van der Waals surface area contributed by atoms with Crippen LogP contribution in [0.5, 0.6) is 28.7 Å². The molecule has 0 bridgehead atoms. The standard InChI is InChI=1S/C26H19IO4/c1-18-2-4-19(5-3-18)26(28)20-6-8-21(9-7-20)29-22-10-12-23(13-11-22)30-24-14-16-25(31-27)17-15-24/h2-17H,1H3. The van der Waals surface area contributed by atoms with Crippen molar-refractivity contribution in [1.82, 2.24) is 0 Å². The van der Waals surface area contributed by atoms with Crippen molar-refractivity contribution in [2.24, 2.45) is 0 Å². The zero-order valence-electron chi connectivity index (χ0n) is 16.7. The van der Waals surface area contributed by atoms with E-state index < -0.39 is 0 Å². The van der Waals surface area contributed by atoms with Crippen LogP contribution >= 0.6 is 23.0 Å². The summed E-state index contributed by atoms with van der Waals surface area (Å²) in [7, 11) is 0. The molecular weight excluding hydrogens is 503 g/mol. The first kappa shape index (κ1) is 20.9. The zero-order chi connectivity index (χ0) is 21.6. The average Bonchev–Trinajstić information content (AvgIpc) is 2.81. The molecule has 154 valence electrons. The molecule has 0 radical (unpaired) electrons. The third-order valence-electron chi connectivity index (χ3n) is 4.64. The van der Waals surface area contributed by atoms with Crippen molar-refractivity contribution in [2.45, 2.75) is 6.92 Å². The lowest BCUT2D eigenvalue weighted by Crippen LogP contribution is -2.00. The summed E-state index contributed by atoms with van der Waals surface area (Å²) in [5.41, 5.74) is 2.42. The van der Waals surface area contributed by atoms with E-state index in [1.807, 2.05) is 103 Å². The Morgan fingerprint density at radius 1 is 0.548 bits per heavy atom. The van der Waals surface area contributed by atoms with Gasteiger partial charge >= 0.3 is 0 Å². The number of halogens is 1. The molecule has 0 spiro atoms. The first-order valence-electron chi connectivity index (χ1n) is 9.66. The van der Waals surface area contributed by atoms with Gasteiger partial charge in [-0.3, -0.25) is 4.79 Å². The van der Waals surface area contributed by atoms with E-state index in [4.69, 9.17) is 12.5 Å². The van der Waals surface area contributed by atoms with Gasteiger partial charge < -0.3 is 12.5 Å². The van der Waals surface area contributed by atoms with E-state index in [9.17, 15) is 4.79 Å². The minimum Gasteiger partial charge on any atom is -0.457 e. The molecule has 4 rings (SSSR count). The molecule has 0 aromatic heterocycles. The van der Waals surface area contributed by atoms with Crippen LogP contribution in [0.25, 0.3) is 0 Å². The number of benzene rings is 4. The molecule has 0 amide bonds. The fourth-order valence-electron chi connectivity index (χ4n) is 2.95. The molecule has 4 aromatic rings. The number of rotatable bonds is 7. The molecule has 0 saturated carbocycles. The molecule has 0 atom stereocenters. The molecule has 0 fully saturated rings. The molecule has 0 saturated heterocycles. The second-order valence-electron chi connectivity index (χ2n) is 6.94. The smallest absolute Gasteiger partial charge is 0.193 e. The second-order valence-corrected chi connectivity index (χ2v) is 7.38. The molecule has 4 nitrogen and oxygen atoms in total. The Labute approximate surface area is 195 Å². The van der Waals surface area contributed by atoms with Gasteiger partial charge in [0.25, 0.3) is 0 Å². The van der Waals surface area contributed by atoms with Crippen molar-refractivity contribution in [1.29, 1.82) is 0 Å². The van der Waals surface area contributed by atoms with Crippen LogP contribution in [0.2, 0.25) is 0 Å². The normalized spacial score (nSPS) is 10.4. The monoisotopic (exact) mass is 522 g/mol. The predicted octanol–water partition coefficient (Wildman–Crippen LogP) is 7.54. The van der Waals surface area contributed by atoms with Crippen LogP contribution in [0.4, 0.5) is 0 Å². The lowest BCUT2D eigenvalue weighted by atomic mass is 10.0. The summed E-state index contributed by atoms with van der Waals surface area (Å²) in [4.78, 5) is 12.6. The Morgan fingerprint density at radius 2 is 0.871 bits per heavy atom. The van der Waals surface area contributed by atoms with Gasteiger partial charge in [0, 0.05) is 11.1 Å². The van der Waals surface area contributed by atoms with Gasteiger partial charge in [0.1, 0.15) is 28.7 Å². The molecule has 0 N–H and O–H groups in total. The van der Waals surface area contributed by atoms with E-state index >= 15 is 0 Å². The van der Waals surface area contributed by atoms with Crippen molar-refractivity contribution in [3.8, 4) is 28.7 Å². The Bertz CT molecular complexity index is 1150. The molecule has 4 aromatic carbocycles. The molecule has 0 aliphatic heterocycles. The predicted molar refractivity (Wildman–Crippen MR) is 129 cm³/mol. The number of ether oxygens (including phenoxy) is 2. The summed E-state index contributed by atoms with van der Waals surface area (Å²) in [5, 5.41) is 0. The molecule has 31 heavy (non-hydrogen) atoms. The summed E-state index contributed by atoms with van der Waals surface area (Å²) >= 11 is 1.84. The maximum absolute atomic E-state index is 12.6. The van der Waals surface area contributed by atoms with E-state index in [2.05, 4.69) is 0 Å². The largest absolute Gasteiger partial charge is 0.457 e. The van der Waals surface area contributed by atoms with E-state index in [0.717, 1.165) is 17.1 Å². The summed E-state index contributed by atoms with van der Waals surface area (Å²) < 4.78 is 16.8. The SMILES string of the molecule is Cc1ccc(C(=O)c2ccc(Oc3ccc(Oc4ccc(OI)cc4)cc3)cc2)cc1. The van der Waals surface area contributed by atoms with Crippen molar-refractivity contribution < 1.29 is 17.3 Å². The highest BCUT2D eigenvalue weighted by atomic mass is 127. The van der Waals surface area contributed by atoms with Gasteiger partial charge in [-0.25, -0.2) is 0 Å². The molecule has 0 unspecified atom stereocenters. The van der Waals surface area contributed by atoms with E-state index in [1.165, 1.54) is 0 Å². The molecule has 0 heterocycles. The first-order chi connectivity index (χ1) is 15.1. The fraction of sp³-hybridized carbons (Fsp3) is 0.0385. The van der Waals surface area contributed by atoms with Gasteiger partial charge in [-0.2, -0.15) is 0 Å². The van der Waals surface area contributed by atoms with Gasteiger partial charge in [-0.1, -0.05) is 29.8 Å². The number of hydrogen-bond acceptors (Lipinski definition) is 4. The lowest BCUT2D eigenvalue weighted by molar-refractivity contribution is 0.103. The van der Waals surface area contributed by atoms with Crippen LogP contribution in [0, 0.1) is 6.92 Å². The van der Waals surface area contributed by atoms with Crippen LogP contribution in [-0.4, -0.2) is 5.78 Å². The van der Waals surface area contributed by atoms with E-state index in [1.54, 1.807) is 24.3 Å². The quantitative estimate of drug-likeness (QED) is 0.186. The highest BCUT2D eigenvalue weighted by Crippen LogP contribution is 2.28. The lowest BCUT2D eigenvalue weighted by Gasteiger charge is -2.09. The second kappa shape index (κ2) is 9.66. The highest BCUT2D eigenvalue weighted by Gasteiger charge is 2.09. The highest BCUT2D eigenvalue weighted by molar-refractivity contribution is 14.1. The topological polar surface area (TPSA) is 44.8 Å². The maximum Gasteiger partial charge on any atom is 0.193 e. The van der Waals surface area contributed by atoms with Gasteiger partial charge in [-0.05, 0) is 79.7 Å². The first-order valence-corrected chi connectivity index (χ1v) is 10.5. The third-order valence-corrected chi connectivity index (χ3v) is 5.15. The summed E-state index contributed by atoms with van der Waals surface area (Å²) in [5.74, 6) is 3.52. The summed E-state index contributed by atoms with van der Waals surface area (Å²) in [6.07, 6.45) is 0. The number of ketones is 1. The van der Waals surface area contributed by atoms with Gasteiger partial charge in [0.2, 0.25) is 0 Å². The van der Waals surface area contributed by atoms with Crippen LogP contribution in [0.1, 0.15) is 21.5 Å². The molecule has 5 heteroatoms. The van der Waals surface area contributed by atoms with Crippen LogP contribution in [0.3, 0.4) is 0 Å². The molecular formula is C26H19IO4. The Morgan fingerprint density at radius 3 is 1.26 bits per heavy atom. The summed E-state index contributed by atoms with van der Waals surface area (Å²) in [6, 6.07) is 29.4. The zero-order valence-corrected chi connectivity index (χ0v) is 18.9. The van der Waals surface area contributed by atoms with E-state index in [0.29, 0.717) is 28.4 Å². The van der Waals surface area contributed by atoms with Gasteiger partial charge in [0.05, 0.1) is 0 Å². The number of carbonyl (C=O) groups excluding carboxylic acids is 1. The average molecular weight is 522 g/mol. The number of hydrogen-bond donors (Lipinski definition) is 0. The van der Waals surface area contributed by atoms with Crippen molar-refractivity contribution >= 4 is 28.8 Å². The Hall–Kier alpha value is -3.32. The van der Waals surface area contributed by atoms with Crippen molar-refractivity contribution in [3.63, 3.8) is 0 Å². The Kier molecular flexibility index (Phi) is 6.52. The van der Waals surface area contributed by atoms with Gasteiger partial charge in [0.15, 0.2) is 28.8 Å². The van der Waals surface area contributed by atoms with Crippen molar-refractivity contribution in [3.05, 3.63) is 114 Å². The molecule has 0 aliphatic rings. The maximum atomic E-state index is 12.6. The number of carbonyl (C=O) groups is 1. The summed E-state index contributed by atoms with van der Waals surface area (Å²) in [6.45, 7) is 2.00. The van der Waals surface area contributed by atoms with Crippen molar-refractivity contribution in [2.75, 3.05) is 0 Å². The van der Waals surface area contributed by atoms with Gasteiger partial charge in [-0.15, -0.1) is 0 Å². The van der Waals surface area contributed by atoms with Crippen LogP contribution < -0.4 is 12.5 Å². The minimum absolute atomic E-state index is 0.00821.